The number of allylic oxidation sites excluding steroid dienone is 2. The van der Waals surface area contributed by atoms with Crippen molar-refractivity contribution in [2.24, 2.45) is 0 Å². The maximum atomic E-state index is 13.3. The molecule has 1 aromatic carbocycles. The first-order chi connectivity index (χ1) is 7.08. The molecule has 78 valence electrons. The summed E-state index contributed by atoms with van der Waals surface area (Å²) >= 11 is 5.20. The first-order valence-electron chi connectivity index (χ1n) is 4.46. The Hall–Kier alpha value is -1.22. The number of fused-ring (bicyclic) bond motifs is 1. The minimum Gasteiger partial charge on any atom is -0.276 e. The molecule has 1 aromatic rings. The standard InChI is InChI=1S/C11H7ClF2O/c12-11(15)3-6-1-2-8-9(6)4-7(13)5-10(8)14/h3-5H,1-2H2/b6-3+. The van der Waals surface area contributed by atoms with Crippen molar-refractivity contribution in [3.05, 3.63) is 41.0 Å². The molecular weight excluding hydrogens is 222 g/mol. The van der Waals surface area contributed by atoms with Gasteiger partial charge in [-0.1, -0.05) is 0 Å². The maximum Gasteiger partial charge on any atom is 0.245 e. The number of hydrogen-bond acceptors (Lipinski definition) is 1. The van der Waals surface area contributed by atoms with Crippen LogP contribution in [0, 0.1) is 11.6 Å². The van der Waals surface area contributed by atoms with Gasteiger partial charge in [0.1, 0.15) is 11.6 Å². The second-order valence-corrected chi connectivity index (χ2v) is 3.76. The van der Waals surface area contributed by atoms with Gasteiger partial charge in [0.25, 0.3) is 0 Å². The molecule has 0 fully saturated rings. The smallest absolute Gasteiger partial charge is 0.245 e. The van der Waals surface area contributed by atoms with E-state index in [0.29, 0.717) is 29.5 Å². The number of hydrogen-bond donors (Lipinski definition) is 0. The lowest BCUT2D eigenvalue weighted by Gasteiger charge is -2.01. The number of halogens is 3. The average molecular weight is 229 g/mol. The molecule has 0 aromatic heterocycles. The highest BCUT2D eigenvalue weighted by molar-refractivity contribution is 6.67. The minimum absolute atomic E-state index is 0.459. The summed E-state index contributed by atoms with van der Waals surface area (Å²) in [7, 11) is 0. The molecule has 0 spiro atoms. The summed E-state index contributed by atoms with van der Waals surface area (Å²) in [5, 5.41) is -0.623. The van der Waals surface area contributed by atoms with E-state index in [2.05, 4.69) is 0 Å². The summed E-state index contributed by atoms with van der Waals surface area (Å²) in [6.45, 7) is 0. The van der Waals surface area contributed by atoms with E-state index in [1.54, 1.807) is 0 Å². The van der Waals surface area contributed by atoms with Crippen molar-refractivity contribution in [1.82, 2.24) is 0 Å². The van der Waals surface area contributed by atoms with Crippen LogP contribution in [0.4, 0.5) is 8.78 Å². The first kappa shape index (κ1) is 10.3. The summed E-state index contributed by atoms with van der Waals surface area (Å²) in [6.07, 6.45) is 2.22. The van der Waals surface area contributed by atoms with Gasteiger partial charge in [-0.05, 0) is 47.2 Å². The molecule has 0 aliphatic heterocycles. The third-order valence-electron chi connectivity index (χ3n) is 2.44. The lowest BCUT2D eigenvalue weighted by atomic mass is 10.1. The van der Waals surface area contributed by atoms with E-state index in [1.165, 1.54) is 12.1 Å². The fourth-order valence-corrected chi connectivity index (χ4v) is 1.96. The van der Waals surface area contributed by atoms with Gasteiger partial charge < -0.3 is 0 Å². The first-order valence-corrected chi connectivity index (χ1v) is 4.84. The van der Waals surface area contributed by atoms with E-state index in [4.69, 9.17) is 11.6 Å². The minimum atomic E-state index is -0.638. The molecule has 4 heteroatoms. The molecule has 0 saturated carbocycles. The molecule has 0 N–H and O–H groups in total. The summed E-state index contributed by atoms with van der Waals surface area (Å²) in [5.41, 5.74) is 1.52. The highest BCUT2D eigenvalue weighted by Gasteiger charge is 2.21. The van der Waals surface area contributed by atoms with E-state index in [1.807, 2.05) is 0 Å². The van der Waals surface area contributed by atoms with Crippen molar-refractivity contribution >= 4 is 22.4 Å². The Morgan fingerprint density at radius 1 is 1.33 bits per heavy atom. The van der Waals surface area contributed by atoms with Gasteiger partial charge in [-0.15, -0.1) is 0 Å². The van der Waals surface area contributed by atoms with Crippen molar-refractivity contribution in [1.29, 1.82) is 0 Å². The van der Waals surface area contributed by atoms with E-state index in [-0.39, 0.29) is 0 Å². The third-order valence-corrected chi connectivity index (χ3v) is 2.55. The normalized spacial score (nSPS) is 16.9. The largest absolute Gasteiger partial charge is 0.276 e. The molecule has 0 heterocycles. The molecule has 15 heavy (non-hydrogen) atoms. The van der Waals surface area contributed by atoms with Gasteiger partial charge >= 0.3 is 0 Å². The molecule has 0 amide bonds. The molecule has 2 rings (SSSR count). The lowest BCUT2D eigenvalue weighted by molar-refractivity contribution is -0.107. The molecule has 1 aliphatic carbocycles. The number of rotatable bonds is 1. The molecule has 0 bridgehead atoms. The van der Waals surface area contributed by atoms with Crippen LogP contribution in [0.5, 0.6) is 0 Å². The van der Waals surface area contributed by atoms with Gasteiger partial charge in [-0.3, -0.25) is 4.79 Å². The van der Waals surface area contributed by atoms with Crippen LogP contribution in [0.3, 0.4) is 0 Å². The molecule has 1 aliphatic rings. The Kier molecular flexibility index (Phi) is 2.57. The van der Waals surface area contributed by atoms with Crippen molar-refractivity contribution in [2.45, 2.75) is 12.8 Å². The molecule has 1 nitrogen and oxygen atoms in total. The summed E-state index contributed by atoms with van der Waals surface area (Å²) < 4.78 is 26.2. The predicted octanol–water partition coefficient (Wildman–Crippen LogP) is 3.06. The second-order valence-electron chi connectivity index (χ2n) is 3.39. The fraction of sp³-hybridized carbons (Fsp3) is 0.182. The highest BCUT2D eigenvalue weighted by Crippen LogP contribution is 2.34. The fourth-order valence-electron chi connectivity index (χ4n) is 1.83. The van der Waals surface area contributed by atoms with Gasteiger partial charge in [0.05, 0.1) is 0 Å². The van der Waals surface area contributed by atoms with Crippen LogP contribution in [0.25, 0.3) is 5.57 Å². The Balaban J connectivity index is 2.55. The monoisotopic (exact) mass is 228 g/mol. The van der Waals surface area contributed by atoms with E-state index < -0.39 is 16.9 Å². The van der Waals surface area contributed by atoms with Crippen molar-refractivity contribution in [3.8, 4) is 0 Å². The number of carbonyl (C=O) groups excluding carboxylic acids is 1. The Morgan fingerprint density at radius 3 is 2.73 bits per heavy atom. The van der Waals surface area contributed by atoms with Crippen LogP contribution in [0.1, 0.15) is 17.5 Å². The van der Waals surface area contributed by atoms with Gasteiger partial charge in [0, 0.05) is 12.1 Å². The van der Waals surface area contributed by atoms with Crippen molar-refractivity contribution < 1.29 is 13.6 Å². The summed E-state index contributed by atoms with van der Waals surface area (Å²) in [4.78, 5) is 10.7. The van der Waals surface area contributed by atoms with Crippen molar-refractivity contribution in [3.63, 3.8) is 0 Å². The molecule has 0 atom stereocenters. The van der Waals surface area contributed by atoms with E-state index >= 15 is 0 Å². The van der Waals surface area contributed by atoms with Crippen LogP contribution in [-0.2, 0) is 11.2 Å². The summed E-state index contributed by atoms with van der Waals surface area (Å²) in [5.74, 6) is -1.20. The van der Waals surface area contributed by atoms with Gasteiger partial charge in [-0.2, -0.15) is 0 Å². The Morgan fingerprint density at radius 2 is 2.07 bits per heavy atom. The van der Waals surface area contributed by atoms with Crippen LogP contribution < -0.4 is 0 Å². The zero-order valence-corrected chi connectivity index (χ0v) is 8.44. The zero-order chi connectivity index (χ0) is 11.0. The Labute approximate surface area is 90.4 Å². The maximum absolute atomic E-state index is 13.3. The van der Waals surface area contributed by atoms with Crippen LogP contribution >= 0.6 is 11.6 Å². The third kappa shape index (κ3) is 1.92. The molecular formula is C11H7ClF2O. The molecule has 0 radical (unpaired) electrons. The summed E-state index contributed by atoms with van der Waals surface area (Å²) in [6, 6.07) is 2.08. The van der Waals surface area contributed by atoms with Gasteiger partial charge in [0.2, 0.25) is 5.24 Å². The van der Waals surface area contributed by atoms with Crippen LogP contribution in [0.15, 0.2) is 18.2 Å². The van der Waals surface area contributed by atoms with Crippen LogP contribution in [0.2, 0.25) is 0 Å². The van der Waals surface area contributed by atoms with Crippen molar-refractivity contribution in [2.75, 3.05) is 0 Å². The van der Waals surface area contributed by atoms with E-state index in [9.17, 15) is 13.6 Å². The molecule has 0 unspecified atom stereocenters. The van der Waals surface area contributed by atoms with Crippen LogP contribution in [-0.4, -0.2) is 5.24 Å². The quantitative estimate of drug-likeness (QED) is 0.533. The average Bonchev–Trinajstić information content (AvgIpc) is 2.48. The SMILES string of the molecule is O=C(Cl)/C=C1\CCc2c(F)cc(F)cc21. The topological polar surface area (TPSA) is 17.1 Å². The Bertz CT molecular complexity index is 466. The highest BCUT2D eigenvalue weighted by atomic mass is 35.5. The number of carbonyl (C=O) groups is 1. The zero-order valence-electron chi connectivity index (χ0n) is 7.69. The number of benzene rings is 1. The predicted molar refractivity (Wildman–Crippen MR) is 53.5 cm³/mol. The second kappa shape index (κ2) is 3.74. The van der Waals surface area contributed by atoms with E-state index in [0.717, 1.165) is 6.07 Å². The van der Waals surface area contributed by atoms with Gasteiger partial charge in [0.15, 0.2) is 0 Å². The lowest BCUT2D eigenvalue weighted by Crippen LogP contribution is -1.90. The van der Waals surface area contributed by atoms with Gasteiger partial charge in [-0.25, -0.2) is 8.78 Å². The molecule has 0 saturated heterocycles.